The quantitative estimate of drug-likeness (QED) is 0.680. The van der Waals surface area contributed by atoms with E-state index in [0.29, 0.717) is 30.2 Å². The summed E-state index contributed by atoms with van der Waals surface area (Å²) in [4.78, 5) is 26.2. The molecule has 0 bridgehead atoms. The van der Waals surface area contributed by atoms with Crippen LogP contribution in [0.4, 0.5) is 5.69 Å². The van der Waals surface area contributed by atoms with Gasteiger partial charge in [-0.2, -0.15) is 0 Å². The number of benzene rings is 2. The Morgan fingerprint density at radius 3 is 2.79 bits per heavy atom. The summed E-state index contributed by atoms with van der Waals surface area (Å²) in [7, 11) is 0. The molecule has 1 aliphatic rings. The second kappa shape index (κ2) is 9.93. The molecule has 1 aliphatic heterocycles. The van der Waals surface area contributed by atoms with Crippen LogP contribution in [0.2, 0.25) is 0 Å². The fourth-order valence-electron chi connectivity index (χ4n) is 3.11. The zero-order valence-corrected chi connectivity index (χ0v) is 16.9. The van der Waals surface area contributed by atoms with E-state index in [4.69, 9.17) is 9.47 Å². The van der Waals surface area contributed by atoms with Crippen molar-refractivity contribution in [1.82, 2.24) is 10.2 Å². The highest BCUT2D eigenvalue weighted by atomic mass is 16.5. The van der Waals surface area contributed by atoms with E-state index in [9.17, 15) is 9.59 Å². The lowest BCUT2D eigenvalue weighted by atomic mass is 10.1. The average molecular weight is 397 g/mol. The summed E-state index contributed by atoms with van der Waals surface area (Å²) in [5, 5.41) is 5.63. The van der Waals surface area contributed by atoms with Gasteiger partial charge in [0.1, 0.15) is 18.1 Å². The predicted octanol–water partition coefficient (Wildman–Crippen LogP) is 2.67. The minimum atomic E-state index is -0.216. The van der Waals surface area contributed by atoms with Crippen molar-refractivity contribution in [1.29, 1.82) is 0 Å². The van der Waals surface area contributed by atoms with Gasteiger partial charge in [-0.25, -0.2) is 0 Å². The molecular weight excluding hydrogens is 370 g/mol. The number of carbonyl (C=O) groups is 2. The molecule has 2 N–H and O–H groups in total. The Labute approximate surface area is 171 Å². The van der Waals surface area contributed by atoms with Crippen LogP contribution in [-0.4, -0.2) is 49.6 Å². The molecule has 2 aromatic carbocycles. The standard InChI is InChI=1S/C22H27N3O4/c1-3-25(4-2)11-12-28-19-8-6-5-7-17(19)14-23-22(27)16-9-10-18-20(13-16)29-15-21(26)24-18/h5-10,13H,3-4,11-12,14-15H2,1-2H3,(H,23,27)(H,24,26). The van der Waals surface area contributed by atoms with Crippen molar-refractivity contribution >= 4 is 17.5 Å². The van der Waals surface area contributed by atoms with E-state index < -0.39 is 0 Å². The summed E-state index contributed by atoms with van der Waals surface area (Å²) in [5.74, 6) is 0.854. The Kier molecular flexibility index (Phi) is 7.08. The number of rotatable bonds is 9. The molecule has 154 valence electrons. The van der Waals surface area contributed by atoms with Crippen LogP contribution in [-0.2, 0) is 11.3 Å². The molecule has 7 heteroatoms. The second-order valence-electron chi connectivity index (χ2n) is 6.71. The van der Waals surface area contributed by atoms with Gasteiger partial charge in [-0.15, -0.1) is 0 Å². The van der Waals surface area contributed by atoms with E-state index in [-0.39, 0.29) is 18.4 Å². The fraction of sp³-hybridized carbons (Fsp3) is 0.364. The zero-order chi connectivity index (χ0) is 20.6. The molecule has 7 nitrogen and oxygen atoms in total. The van der Waals surface area contributed by atoms with Gasteiger partial charge in [-0.1, -0.05) is 32.0 Å². The van der Waals surface area contributed by atoms with Crippen LogP contribution in [0, 0.1) is 0 Å². The van der Waals surface area contributed by atoms with Gasteiger partial charge in [-0.05, 0) is 37.4 Å². The van der Waals surface area contributed by atoms with Gasteiger partial charge in [0.2, 0.25) is 0 Å². The van der Waals surface area contributed by atoms with Crippen LogP contribution in [0.5, 0.6) is 11.5 Å². The molecule has 0 unspecified atom stereocenters. The number of carbonyl (C=O) groups excluding carboxylic acids is 2. The number of nitrogens with one attached hydrogen (secondary N) is 2. The van der Waals surface area contributed by atoms with Crippen molar-refractivity contribution in [2.75, 3.05) is 38.2 Å². The van der Waals surface area contributed by atoms with E-state index in [1.807, 2.05) is 24.3 Å². The smallest absolute Gasteiger partial charge is 0.262 e. The van der Waals surface area contributed by atoms with Gasteiger partial charge in [0.25, 0.3) is 11.8 Å². The highest BCUT2D eigenvalue weighted by molar-refractivity contribution is 5.98. The number of ether oxygens (including phenoxy) is 2. The van der Waals surface area contributed by atoms with Crippen LogP contribution in [0.15, 0.2) is 42.5 Å². The van der Waals surface area contributed by atoms with Crippen LogP contribution in [0.3, 0.4) is 0 Å². The van der Waals surface area contributed by atoms with Gasteiger partial charge in [0, 0.05) is 24.2 Å². The molecule has 0 atom stereocenters. The zero-order valence-electron chi connectivity index (χ0n) is 16.9. The van der Waals surface area contributed by atoms with E-state index >= 15 is 0 Å². The van der Waals surface area contributed by atoms with Gasteiger partial charge < -0.3 is 25.0 Å². The Bertz CT molecular complexity index is 865. The van der Waals surface area contributed by atoms with Crippen LogP contribution < -0.4 is 20.1 Å². The SMILES string of the molecule is CCN(CC)CCOc1ccccc1CNC(=O)c1ccc2c(c1)OCC(=O)N2. The van der Waals surface area contributed by atoms with Crippen molar-refractivity contribution < 1.29 is 19.1 Å². The third-order valence-electron chi connectivity index (χ3n) is 4.85. The highest BCUT2D eigenvalue weighted by Gasteiger charge is 2.18. The van der Waals surface area contributed by atoms with Crippen molar-refractivity contribution in [3.05, 3.63) is 53.6 Å². The molecule has 0 aromatic heterocycles. The summed E-state index contributed by atoms with van der Waals surface area (Å²) >= 11 is 0. The molecule has 1 heterocycles. The number of fused-ring (bicyclic) bond motifs is 1. The summed E-state index contributed by atoms with van der Waals surface area (Å²) in [6.07, 6.45) is 0. The Balaban J connectivity index is 1.58. The van der Waals surface area contributed by atoms with Crippen LogP contribution in [0.25, 0.3) is 0 Å². The summed E-state index contributed by atoms with van der Waals surface area (Å²) < 4.78 is 11.3. The first-order chi connectivity index (χ1) is 14.1. The van der Waals surface area contributed by atoms with Gasteiger partial charge >= 0.3 is 0 Å². The average Bonchev–Trinajstić information content (AvgIpc) is 2.75. The van der Waals surface area contributed by atoms with E-state index in [1.54, 1.807) is 18.2 Å². The number of likely N-dealkylation sites (N-methyl/N-ethyl adjacent to an activating group) is 1. The maximum absolute atomic E-state index is 12.6. The first kappa shape index (κ1) is 20.7. The molecule has 0 saturated heterocycles. The summed E-state index contributed by atoms with van der Waals surface area (Å²) in [5.41, 5.74) is 1.96. The lowest BCUT2D eigenvalue weighted by Gasteiger charge is -2.19. The molecule has 0 radical (unpaired) electrons. The topological polar surface area (TPSA) is 79.9 Å². The third-order valence-corrected chi connectivity index (χ3v) is 4.85. The Morgan fingerprint density at radius 2 is 2.00 bits per heavy atom. The minimum Gasteiger partial charge on any atom is -0.492 e. The largest absolute Gasteiger partial charge is 0.492 e. The molecule has 29 heavy (non-hydrogen) atoms. The molecule has 0 spiro atoms. The molecular formula is C22H27N3O4. The number of hydrogen-bond acceptors (Lipinski definition) is 5. The monoisotopic (exact) mass is 397 g/mol. The number of nitrogens with zero attached hydrogens (tertiary/aromatic N) is 1. The van der Waals surface area contributed by atoms with Gasteiger partial charge in [0.15, 0.2) is 6.61 Å². The lowest BCUT2D eigenvalue weighted by Crippen LogP contribution is -2.28. The molecule has 0 aliphatic carbocycles. The number of para-hydroxylation sites is 1. The van der Waals surface area contributed by atoms with Crippen molar-refractivity contribution in [2.24, 2.45) is 0 Å². The number of anilines is 1. The lowest BCUT2D eigenvalue weighted by molar-refractivity contribution is -0.118. The summed E-state index contributed by atoms with van der Waals surface area (Å²) in [6.45, 7) is 8.02. The van der Waals surface area contributed by atoms with Crippen LogP contribution >= 0.6 is 0 Å². The van der Waals surface area contributed by atoms with E-state index in [2.05, 4.69) is 29.4 Å². The number of hydrogen-bond donors (Lipinski definition) is 2. The van der Waals surface area contributed by atoms with Crippen molar-refractivity contribution in [3.63, 3.8) is 0 Å². The third kappa shape index (κ3) is 5.48. The first-order valence-electron chi connectivity index (χ1n) is 9.88. The molecule has 2 aromatic rings. The second-order valence-corrected chi connectivity index (χ2v) is 6.71. The summed E-state index contributed by atoms with van der Waals surface area (Å²) in [6, 6.07) is 12.7. The Hall–Kier alpha value is -3.06. The normalized spacial score (nSPS) is 12.7. The molecule has 0 fully saturated rings. The first-order valence-corrected chi connectivity index (χ1v) is 9.88. The van der Waals surface area contributed by atoms with Gasteiger partial charge in [-0.3, -0.25) is 9.59 Å². The van der Waals surface area contributed by atoms with Gasteiger partial charge in [0.05, 0.1) is 5.69 Å². The molecule has 0 saturated carbocycles. The maximum atomic E-state index is 12.6. The minimum absolute atomic E-state index is 0.0454. The Morgan fingerprint density at radius 1 is 1.21 bits per heavy atom. The molecule has 2 amide bonds. The van der Waals surface area contributed by atoms with Crippen LogP contribution in [0.1, 0.15) is 29.8 Å². The number of amides is 2. The highest BCUT2D eigenvalue weighted by Crippen LogP contribution is 2.28. The predicted molar refractivity (Wildman–Crippen MR) is 111 cm³/mol. The molecule has 3 rings (SSSR count). The maximum Gasteiger partial charge on any atom is 0.262 e. The van der Waals surface area contributed by atoms with Crippen molar-refractivity contribution in [2.45, 2.75) is 20.4 Å². The fourth-order valence-corrected chi connectivity index (χ4v) is 3.11. The van der Waals surface area contributed by atoms with E-state index in [0.717, 1.165) is 30.9 Å². The van der Waals surface area contributed by atoms with E-state index in [1.165, 1.54) is 0 Å². The van der Waals surface area contributed by atoms with Crippen molar-refractivity contribution in [3.8, 4) is 11.5 Å².